The van der Waals surface area contributed by atoms with Crippen molar-refractivity contribution >= 4 is 40.5 Å². The molecule has 220 valence electrons. The molecule has 1 N–H and O–H groups in total. The Morgan fingerprint density at radius 2 is 1.98 bits per heavy atom. The zero-order valence-electron chi connectivity index (χ0n) is 24.1. The first-order chi connectivity index (χ1) is 19.7. The molecule has 3 aliphatic heterocycles. The molecule has 1 aromatic heterocycles. The SMILES string of the molecule is C=CCN(C)C(=O)[C@@H]1[C@H]2C(=O)N([C@@H](CO)[C@@H](C)CC)C(C(=O)N(CC=C)Cn3nnc4ccccc43)C23CC[C@H]1S3. The van der Waals surface area contributed by atoms with Crippen molar-refractivity contribution in [3.63, 3.8) is 0 Å². The molecule has 0 saturated carbocycles. The van der Waals surface area contributed by atoms with E-state index in [9.17, 15) is 19.5 Å². The normalized spacial score (nSPS) is 28.0. The molecular formula is C30H40N6O4S. The van der Waals surface area contributed by atoms with Gasteiger partial charge in [-0.15, -0.1) is 30.0 Å². The number of aliphatic hydroxyl groups excluding tert-OH is 1. The fourth-order valence-electron chi connectivity index (χ4n) is 7.09. The maximum atomic E-state index is 14.7. The quantitative estimate of drug-likeness (QED) is 0.384. The van der Waals surface area contributed by atoms with Crippen LogP contribution in [0.2, 0.25) is 0 Å². The summed E-state index contributed by atoms with van der Waals surface area (Å²) in [6.07, 6.45) is 5.49. The van der Waals surface area contributed by atoms with Crippen molar-refractivity contribution in [2.75, 3.05) is 26.7 Å². The van der Waals surface area contributed by atoms with E-state index >= 15 is 0 Å². The van der Waals surface area contributed by atoms with Crippen molar-refractivity contribution in [1.82, 2.24) is 29.7 Å². The molecule has 10 nitrogen and oxygen atoms in total. The van der Waals surface area contributed by atoms with Gasteiger partial charge in [-0.1, -0.05) is 49.8 Å². The number of hydrogen-bond donors (Lipinski definition) is 1. The third-order valence-electron chi connectivity index (χ3n) is 9.27. The molecule has 2 aromatic rings. The number of benzene rings is 1. The van der Waals surface area contributed by atoms with Crippen molar-refractivity contribution in [2.24, 2.45) is 17.8 Å². The lowest BCUT2D eigenvalue weighted by molar-refractivity contribution is -0.148. The van der Waals surface area contributed by atoms with Gasteiger partial charge < -0.3 is 19.8 Å². The predicted octanol–water partition coefficient (Wildman–Crippen LogP) is 2.55. The van der Waals surface area contributed by atoms with Crippen LogP contribution in [0.15, 0.2) is 49.6 Å². The maximum absolute atomic E-state index is 14.7. The van der Waals surface area contributed by atoms with Gasteiger partial charge in [0, 0.05) is 25.4 Å². The lowest BCUT2D eigenvalue weighted by Gasteiger charge is -2.41. The molecule has 1 aromatic carbocycles. The van der Waals surface area contributed by atoms with Crippen LogP contribution >= 0.6 is 11.8 Å². The predicted molar refractivity (Wildman–Crippen MR) is 159 cm³/mol. The maximum Gasteiger partial charge on any atom is 0.248 e. The highest BCUT2D eigenvalue weighted by Crippen LogP contribution is 2.67. The molecule has 0 aliphatic carbocycles. The van der Waals surface area contributed by atoms with Gasteiger partial charge in [-0.3, -0.25) is 14.4 Å². The highest BCUT2D eigenvalue weighted by Gasteiger charge is 2.74. The topological polar surface area (TPSA) is 112 Å². The van der Waals surface area contributed by atoms with Crippen molar-refractivity contribution < 1.29 is 19.5 Å². The largest absolute Gasteiger partial charge is 0.394 e. The number of nitrogens with zero attached hydrogens (tertiary/aromatic N) is 6. The van der Waals surface area contributed by atoms with Crippen LogP contribution in [0, 0.1) is 17.8 Å². The Hall–Kier alpha value is -3.18. The fourth-order valence-corrected chi connectivity index (χ4v) is 9.28. The second kappa shape index (κ2) is 11.6. The highest BCUT2D eigenvalue weighted by atomic mass is 32.2. The smallest absolute Gasteiger partial charge is 0.248 e. The van der Waals surface area contributed by atoms with E-state index in [1.165, 1.54) is 0 Å². The molecule has 3 aliphatic rings. The van der Waals surface area contributed by atoms with Crippen LogP contribution in [-0.2, 0) is 21.1 Å². The number of rotatable bonds is 12. The molecular weight excluding hydrogens is 540 g/mol. The molecule has 3 saturated heterocycles. The lowest BCUT2D eigenvalue weighted by atomic mass is 9.70. The van der Waals surface area contributed by atoms with Crippen molar-refractivity contribution in [3.8, 4) is 0 Å². The minimum Gasteiger partial charge on any atom is -0.394 e. The Bertz CT molecular complexity index is 1350. The number of amides is 3. The first-order valence-corrected chi connectivity index (χ1v) is 15.3. The number of likely N-dealkylation sites (N-methyl/N-ethyl adjacent to an activating group) is 1. The van der Waals surface area contributed by atoms with Gasteiger partial charge in [0.25, 0.3) is 0 Å². The molecule has 11 heteroatoms. The van der Waals surface area contributed by atoms with Gasteiger partial charge in [0.15, 0.2) is 0 Å². The summed E-state index contributed by atoms with van der Waals surface area (Å²) in [4.78, 5) is 47.9. The monoisotopic (exact) mass is 580 g/mol. The van der Waals surface area contributed by atoms with Crippen LogP contribution in [0.5, 0.6) is 0 Å². The number of aliphatic hydroxyl groups is 1. The van der Waals surface area contributed by atoms with Crippen LogP contribution in [0.25, 0.3) is 11.0 Å². The average Bonchev–Trinajstić information content (AvgIpc) is 3.72. The molecule has 2 unspecified atom stereocenters. The zero-order valence-corrected chi connectivity index (χ0v) is 24.9. The summed E-state index contributed by atoms with van der Waals surface area (Å²) in [6, 6.07) is 6.19. The number of thioether (sulfide) groups is 1. The van der Waals surface area contributed by atoms with Crippen LogP contribution in [0.3, 0.4) is 0 Å². The number of carbonyl (C=O) groups is 3. The molecule has 7 atom stereocenters. The van der Waals surface area contributed by atoms with Gasteiger partial charge >= 0.3 is 0 Å². The summed E-state index contributed by atoms with van der Waals surface area (Å²) in [7, 11) is 1.73. The second-order valence-corrected chi connectivity index (χ2v) is 13.1. The third kappa shape index (κ3) is 4.67. The fraction of sp³-hybridized carbons (Fsp3) is 0.567. The third-order valence-corrected chi connectivity index (χ3v) is 11.2. The average molecular weight is 581 g/mol. The lowest BCUT2D eigenvalue weighted by Crippen LogP contribution is -2.58. The number of likely N-dealkylation sites (tertiary alicyclic amines) is 1. The van der Waals surface area contributed by atoms with Crippen LogP contribution in [0.4, 0.5) is 0 Å². The first-order valence-electron chi connectivity index (χ1n) is 14.4. The first kappa shape index (κ1) is 29.3. The number of hydrogen-bond acceptors (Lipinski definition) is 7. The Balaban J connectivity index is 1.57. The van der Waals surface area contributed by atoms with Gasteiger partial charge in [0.05, 0.1) is 34.7 Å². The van der Waals surface area contributed by atoms with E-state index < -0.39 is 28.7 Å². The summed E-state index contributed by atoms with van der Waals surface area (Å²) in [5, 5.41) is 19.1. The molecule has 0 radical (unpaired) electrons. The van der Waals surface area contributed by atoms with E-state index in [0.29, 0.717) is 13.0 Å². The minimum absolute atomic E-state index is 0.0375. The minimum atomic E-state index is -0.821. The molecule has 2 bridgehead atoms. The van der Waals surface area contributed by atoms with Crippen molar-refractivity contribution in [3.05, 3.63) is 49.6 Å². The Morgan fingerprint density at radius 1 is 1.24 bits per heavy atom. The molecule has 41 heavy (non-hydrogen) atoms. The molecule has 3 amide bonds. The van der Waals surface area contributed by atoms with E-state index in [1.807, 2.05) is 38.1 Å². The Labute approximate surface area is 245 Å². The molecule has 3 fully saturated rings. The standard InChI is InChI=1S/C30H40N6O4S/c1-6-15-33(5)27(38)24-23-13-14-30(41-23)25(24)28(39)36(22(17-37)19(4)8-3)26(30)29(40)34(16-7-2)18-35-21-12-10-9-11-20(21)31-32-35/h6-7,9-12,19,22-26,37H,1-2,8,13-18H2,3-5H3/t19-,22-,23+,24-,25-,26?,30?/m0/s1. The number of aromatic nitrogens is 3. The zero-order chi connectivity index (χ0) is 29.5. The second-order valence-electron chi connectivity index (χ2n) is 11.5. The molecule has 4 heterocycles. The van der Waals surface area contributed by atoms with Crippen LogP contribution in [-0.4, -0.2) is 101 Å². The summed E-state index contributed by atoms with van der Waals surface area (Å²) in [5.41, 5.74) is 1.52. The van der Waals surface area contributed by atoms with E-state index in [0.717, 1.165) is 23.9 Å². The van der Waals surface area contributed by atoms with Crippen LogP contribution < -0.4 is 0 Å². The van der Waals surface area contributed by atoms with E-state index in [1.54, 1.807) is 50.3 Å². The Morgan fingerprint density at radius 3 is 2.66 bits per heavy atom. The van der Waals surface area contributed by atoms with Crippen molar-refractivity contribution in [1.29, 1.82) is 0 Å². The van der Waals surface area contributed by atoms with Gasteiger partial charge in [-0.05, 0) is 30.9 Å². The van der Waals surface area contributed by atoms with E-state index in [4.69, 9.17) is 0 Å². The van der Waals surface area contributed by atoms with Crippen molar-refractivity contribution in [2.45, 2.75) is 61.9 Å². The number of carbonyl (C=O) groups excluding carboxylic acids is 3. The summed E-state index contributed by atoms with van der Waals surface area (Å²) in [5.74, 6) is -1.70. The van der Waals surface area contributed by atoms with Gasteiger partial charge in [0.2, 0.25) is 17.7 Å². The van der Waals surface area contributed by atoms with Gasteiger partial charge in [-0.2, -0.15) is 0 Å². The number of para-hydroxylation sites is 1. The van der Waals surface area contributed by atoms with E-state index in [2.05, 4.69) is 23.5 Å². The molecule has 5 rings (SSSR count). The van der Waals surface area contributed by atoms with E-state index in [-0.39, 0.29) is 48.7 Å². The van der Waals surface area contributed by atoms with Gasteiger partial charge in [-0.25, -0.2) is 4.68 Å². The van der Waals surface area contributed by atoms with Gasteiger partial charge in [0.1, 0.15) is 18.2 Å². The Kier molecular flexibility index (Phi) is 8.29. The highest BCUT2D eigenvalue weighted by molar-refractivity contribution is 8.02. The number of fused-ring (bicyclic) bond motifs is 2. The molecule has 1 spiro atoms. The summed E-state index contributed by atoms with van der Waals surface area (Å²) < 4.78 is 0.930. The summed E-state index contributed by atoms with van der Waals surface area (Å²) >= 11 is 1.63. The van der Waals surface area contributed by atoms with Crippen LogP contribution in [0.1, 0.15) is 33.1 Å². The summed E-state index contributed by atoms with van der Waals surface area (Å²) in [6.45, 7) is 12.2.